The molecule has 1 fully saturated rings. The van der Waals surface area contributed by atoms with Gasteiger partial charge in [0.15, 0.2) is 0 Å². The normalized spacial score (nSPS) is 17.3. The van der Waals surface area contributed by atoms with Gasteiger partial charge in [-0.15, -0.1) is 0 Å². The van der Waals surface area contributed by atoms with Crippen molar-refractivity contribution in [1.29, 1.82) is 0 Å². The summed E-state index contributed by atoms with van der Waals surface area (Å²) < 4.78 is 27.4. The van der Waals surface area contributed by atoms with E-state index in [4.69, 9.17) is 11.6 Å². The van der Waals surface area contributed by atoms with E-state index in [0.717, 1.165) is 5.56 Å². The average molecular weight is 450 g/mol. The van der Waals surface area contributed by atoms with E-state index in [9.17, 15) is 18.0 Å². The molecule has 2 N–H and O–H groups in total. The molecule has 1 unspecified atom stereocenters. The molecule has 30 heavy (non-hydrogen) atoms. The summed E-state index contributed by atoms with van der Waals surface area (Å²) in [5.74, 6) is -0.810. The molecular weight excluding hydrogens is 426 g/mol. The number of sulfonamides is 1. The Morgan fingerprint density at radius 2 is 1.90 bits per heavy atom. The number of carbonyl (C=O) groups is 2. The van der Waals surface area contributed by atoms with Crippen molar-refractivity contribution >= 4 is 39.1 Å². The lowest BCUT2D eigenvalue weighted by atomic mass is 9.99. The second-order valence-electron chi connectivity index (χ2n) is 7.26. The minimum Gasteiger partial charge on any atom is -0.352 e. The fourth-order valence-corrected chi connectivity index (χ4v) is 5.15. The van der Waals surface area contributed by atoms with Gasteiger partial charge in [0.05, 0.1) is 10.8 Å². The van der Waals surface area contributed by atoms with Crippen LogP contribution in [0.1, 0.15) is 25.3 Å². The van der Waals surface area contributed by atoms with Crippen molar-refractivity contribution in [2.75, 3.05) is 18.4 Å². The molecule has 1 aliphatic rings. The fraction of sp³-hybridized carbons (Fsp3) is 0.333. The lowest BCUT2D eigenvalue weighted by Gasteiger charge is -2.31. The van der Waals surface area contributed by atoms with Gasteiger partial charge in [0.1, 0.15) is 0 Å². The molecule has 2 aromatic carbocycles. The zero-order chi connectivity index (χ0) is 21.7. The van der Waals surface area contributed by atoms with E-state index in [1.165, 1.54) is 23.4 Å². The number of nitrogens with zero attached hydrogens (tertiary/aromatic N) is 1. The second kappa shape index (κ2) is 9.59. The molecule has 2 amide bonds. The summed E-state index contributed by atoms with van der Waals surface area (Å²) in [4.78, 5) is 23.9. The standard InChI is InChI=1S/C21H24ClN3O4S/c1-15(26)24-19-7-9-20(10-8-19)30(28,29)25-11-3-5-17(14-25)21(27)23-13-16-4-2-6-18(22)12-16/h2,4,6-10,12,17H,3,5,11,13-14H2,1H3,(H,23,27)(H,24,26). The summed E-state index contributed by atoms with van der Waals surface area (Å²) in [5, 5.41) is 6.08. The van der Waals surface area contributed by atoms with Crippen molar-refractivity contribution in [3.05, 3.63) is 59.1 Å². The Morgan fingerprint density at radius 1 is 1.17 bits per heavy atom. The van der Waals surface area contributed by atoms with Gasteiger partial charge in [-0.1, -0.05) is 23.7 Å². The summed E-state index contributed by atoms with van der Waals surface area (Å²) in [6, 6.07) is 13.3. The van der Waals surface area contributed by atoms with Crippen molar-refractivity contribution in [3.63, 3.8) is 0 Å². The molecule has 0 radical (unpaired) electrons. The molecule has 1 saturated heterocycles. The fourth-order valence-electron chi connectivity index (χ4n) is 3.42. The third kappa shape index (κ3) is 5.59. The van der Waals surface area contributed by atoms with Crippen LogP contribution in [0.25, 0.3) is 0 Å². The molecule has 2 aromatic rings. The number of carbonyl (C=O) groups excluding carboxylic acids is 2. The molecule has 0 aromatic heterocycles. The van der Waals surface area contributed by atoms with E-state index in [1.54, 1.807) is 24.3 Å². The van der Waals surface area contributed by atoms with Gasteiger partial charge in [-0.25, -0.2) is 8.42 Å². The Labute approximate surface area is 181 Å². The summed E-state index contributed by atoms with van der Waals surface area (Å²) >= 11 is 5.96. The van der Waals surface area contributed by atoms with Crippen molar-refractivity contribution in [2.24, 2.45) is 5.92 Å². The minimum atomic E-state index is -3.72. The molecule has 1 aliphatic heterocycles. The molecule has 0 saturated carbocycles. The van der Waals surface area contributed by atoms with E-state index < -0.39 is 15.9 Å². The van der Waals surface area contributed by atoms with E-state index in [1.807, 2.05) is 12.1 Å². The quantitative estimate of drug-likeness (QED) is 0.708. The third-order valence-corrected chi connectivity index (χ3v) is 7.04. The maximum absolute atomic E-state index is 13.0. The molecule has 9 heteroatoms. The monoisotopic (exact) mass is 449 g/mol. The number of halogens is 1. The zero-order valence-electron chi connectivity index (χ0n) is 16.6. The molecule has 7 nitrogen and oxygen atoms in total. The smallest absolute Gasteiger partial charge is 0.243 e. The molecular formula is C21H24ClN3O4S. The number of nitrogens with one attached hydrogen (secondary N) is 2. The lowest BCUT2D eigenvalue weighted by Crippen LogP contribution is -2.45. The second-order valence-corrected chi connectivity index (χ2v) is 9.63. The van der Waals surface area contributed by atoms with Crippen LogP contribution in [0, 0.1) is 5.92 Å². The summed E-state index contributed by atoms with van der Waals surface area (Å²) in [5.41, 5.74) is 1.41. The van der Waals surface area contributed by atoms with Gasteiger partial charge >= 0.3 is 0 Å². The van der Waals surface area contributed by atoms with Crippen LogP contribution in [0.2, 0.25) is 5.02 Å². The number of rotatable bonds is 6. The maximum atomic E-state index is 13.0. The van der Waals surface area contributed by atoms with Crippen molar-refractivity contribution in [1.82, 2.24) is 9.62 Å². The first kappa shape index (κ1) is 22.3. The van der Waals surface area contributed by atoms with Crippen LogP contribution in [0.3, 0.4) is 0 Å². The first-order valence-electron chi connectivity index (χ1n) is 9.65. The van der Waals surface area contributed by atoms with E-state index >= 15 is 0 Å². The Morgan fingerprint density at radius 3 is 2.57 bits per heavy atom. The SMILES string of the molecule is CC(=O)Nc1ccc(S(=O)(=O)N2CCCC(C(=O)NCc3cccc(Cl)c3)C2)cc1. The van der Waals surface area contributed by atoms with Crippen LogP contribution in [-0.2, 0) is 26.2 Å². The van der Waals surface area contributed by atoms with Crippen molar-refractivity contribution in [2.45, 2.75) is 31.2 Å². The highest BCUT2D eigenvalue weighted by molar-refractivity contribution is 7.89. The van der Waals surface area contributed by atoms with Gasteiger partial charge in [0.2, 0.25) is 21.8 Å². The zero-order valence-corrected chi connectivity index (χ0v) is 18.2. The predicted octanol–water partition coefficient (Wildman–Crippen LogP) is 3.02. The summed E-state index contributed by atoms with van der Waals surface area (Å²) in [6.07, 6.45) is 1.24. The molecule has 0 bridgehead atoms. The lowest BCUT2D eigenvalue weighted by molar-refractivity contribution is -0.126. The number of anilines is 1. The number of amides is 2. The minimum absolute atomic E-state index is 0.136. The predicted molar refractivity (Wildman–Crippen MR) is 116 cm³/mol. The average Bonchev–Trinajstić information content (AvgIpc) is 2.72. The number of hydrogen-bond donors (Lipinski definition) is 2. The van der Waals surface area contributed by atoms with E-state index in [0.29, 0.717) is 36.6 Å². The van der Waals surface area contributed by atoms with E-state index in [2.05, 4.69) is 10.6 Å². The highest BCUT2D eigenvalue weighted by Gasteiger charge is 2.33. The van der Waals surface area contributed by atoms with Crippen LogP contribution < -0.4 is 10.6 Å². The molecule has 0 spiro atoms. The number of hydrogen-bond acceptors (Lipinski definition) is 4. The first-order valence-corrected chi connectivity index (χ1v) is 11.5. The van der Waals surface area contributed by atoms with Crippen molar-refractivity contribution < 1.29 is 18.0 Å². The molecule has 160 valence electrons. The molecule has 1 atom stereocenters. The van der Waals surface area contributed by atoms with Gasteiger partial charge in [0.25, 0.3) is 0 Å². The maximum Gasteiger partial charge on any atom is 0.243 e. The number of benzene rings is 2. The van der Waals surface area contributed by atoms with Crippen LogP contribution >= 0.6 is 11.6 Å². The summed E-state index contributed by atoms with van der Waals surface area (Å²) in [7, 11) is -3.72. The van der Waals surface area contributed by atoms with Crippen LogP contribution in [0.15, 0.2) is 53.4 Å². The third-order valence-electron chi connectivity index (χ3n) is 4.92. The van der Waals surface area contributed by atoms with Gasteiger partial charge in [-0.2, -0.15) is 4.31 Å². The Hall–Kier alpha value is -2.42. The highest BCUT2D eigenvalue weighted by Crippen LogP contribution is 2.25. The van der Waals surface area contributed by atoms with Crippen LogP contribution in [0.4, 0.5) is 5.69 Å². The van der Waals surface area contributed by atoms with Gasteiger partial charge in [-0.05, 0) is 54.8 Å². The van der Waals surface area contributed by atoms with Gasteiger partial charge in [-0.3, -0.25) is 9.59 Å². The first-order chi connectivity index (χ1) is 14.3. The Kier molecular flexibility index (Phi) is 7.12. The molecule has 0 aliphatic carbocycles. The largest absolute Gasteiger partial charge is 0.352 e. The molecule has 3 rings (SSSR count). The van der Waals surface area contributed by atoms with Crippen LogP contribution in [-0.4, -0.2) is 37.6 Å². The Balaban J connectivity index is 1.64. The van der Waals surface area contributed by atoms with Gasteiger partial charge in [0, 0.05) is 37.3 Å². The topological polar surface area (TPSA) is 95.6 Å². The Bertz CT molecular complexity index is 1020. The van der Waals surface area contributed by atoms with Crippen LogP contribution in [0.5, 0.6) is 0 Å². The van der Waals surface area contributed by atoms with Crippen molar-refractivity contribution in [3.8, 4) is 0 Å². The molecule has 1 heterocycles. The highest BCUT2D eigenvalue weighted by atomic mass is 35.5. The van der Waals surface area contributed by atoms with E-state index in [-0.39, 0.29) is 23.3 Å². The number of piperidine rings is 1. The van der Waals surface area contributed by atoms with Gasteiger partial charge < -0.3 is 10.6 Å². The summed E-state index contributed by atoms with van der Waals surface area (Å²) in [6.45, 7) is 2.23.